The third kappa shape index (κ3) is 9.03. The van der Waals surface area contributed by atoms with Gasteiger partial charge in [0.15, 0.2) is 0 Å². The van der Waals surface area contributed by atoms with Gasteiger partial charge in [0, 0.05) is 49.8 Å². The van der Waals surface area contributed by atoms with Gasteiger partial charge in [-0.3, -0.25) is 9.59 Å². The molecule has 0 aliphatic heterocycles. The summed E-state index contributed by atoms with van der Waals surface area (Å²) in [7, 11) is 4.77. The standard InChI is InChI=1S/C30H36N4O5S/c1-34(40-4)26-16-23(15-24(17-26)29(36)33-20-21-9-6-5-7-10-21)28(35)32-12-8-11-31-19-22-13-25(30(37)39-3)18-27(14-22)38-2/h5-7,9-10,13-18,31H,8,11-12,19-20H2,1-4H3,(H,32,35)(H,33,36). The molecule has 0 aliphatic carbocycles. The average molecular weight is 565 g/mol. The van der Waals surface area contributed by atoms with E-state index in [0.29, 0.717) is 55.0 Å². The second-order valence-corrected chi connectivity index (χ2v) is 9.88. The zero-order chi connectivity index (χ0) is 28.9. The molecule has 212 valence electrons. The molecule has 2 amide bonds. The number of carbonyl (C=O) groups excluding carboxylic acids is 3. The number of ether oxygens (including phenoxy) is 2. The Hall–Kier alpha value is -4.02. The number of nitrogens with one attached hydrogen (secondary N) is 3. The number of rotatable bonds is 14. The first-order valence-electron chi connectivity index (χ1n) is 12.8. The van der Waals surface area contributed by atoms with Crippen molar-refractivity contribution in [2.45, 2.75) is 19.5 Å². The first-order valence-corrected chi connectivity index (χ1v) is 14.0. The molecule has 40 heavy (non-hydrogen) atoms. The Balaban J connectivity index is 1.54. The Morgan fingerprint density at radius 2 is 1.50 bits per heavy atom. The van der Waals surface area contributed by atoms with E-state index >= 15 is 0 Å². The number of hydrogen-bond donors (Lipinski definition) is 3. The van der Waals surface area contributed by atoms with Gasteiger partial charge < -0.3 is 29.7 Å². The second kappa shape index (κ2) is 15.5. The fraction of sp³-hybridized carbons (Fsp3) is 0.300. The largest absolute Gasteiger partial charge is 0.497 e. The monoisotopic (exact) mass is 564 g/mol. The van der Waals surface area contributed by atoms with Crippen molar-refractivity contribution in [2.24, 2.45) is 0 Å². The van der Waals surface area contributed by atoms with Gasteiger partial charge in [0.25, 0.3) is 11.8 Å². The topological polar surface area (TPSA) is 109 Å². The summed E-state index contributed by atoms with van der Waals surface area (Å²) in [4.78, 5) is 37.8. The Morgan fingerprint density at radius 1 is 0.800 bits per heavy atom. The van der Waals surface area contributed by atoms with Crippen LogP contribution in [0.3, 0.4) is 0 Å². The lowest BCUT2D eigenvalue weighted by Gasteiger charge is -2.18. The number of benzene rings is 3. The molecule has 3 aromatic rings. The Labute approximate surface area is 239 Å². The molecule has 0 saturated carbocycles. The summed E-state index contributed by atoms with van der Waals surface area (Å²) in [5, 5.41) is 9.18. The minimum Gasteiger partial charge on any atom is -0.497 e. The number of carbonyl (C=O) groups is 3. The van der Waals surface area contributed by atoms with Crippen LogP contribution in [0.15, 0.2) is 66.7 Å². The van der Waals surface area contributed by atoms with Crippen LogP contribution >= 0.6 is 11.9 Å². The summed E-state index contributed by atoms with van der Waals surface area (Å²) in [5.41, 5.74) is 3.91. The summed E-state index contributed by atoms with van der Waals surface area (Å²) >= 11 is 1.49. The molecule has 0 heterocycles. The highest BCUT2D eigenvalue weighted by Crippen LogP contribution is 2.23. The van der Waals surface area contributed by atoms with Crippen LogP contribution in [-0.4, -0.2) is 58.4 Å². The molecule has 3 aromatic carbocycles. The maximum Gasteiger partial charge on any atom is 0.337 e. The SMILES string of the molecule is COC(=O)c1cc(CNCCCNC(=O)c2cc(C(=O)NCc3ccccc3)cc(N(C)SC)c2)cc(OC)c1. The predicted octanol–water partition coefficient (Wildman–Crippen LogP) is 4.04. The Kier molecular flexibility index (Phi) is 11.9. The minimum atomic E-state index is -0.424. The first kappa shape index (κ1) is 30.5. The molecule has 3 rings (SSSR count). The molecular weight excluding hydrogens is 528 g/mol. The first-order chi connectivity index (χ1) is 19.3. The third-order valence-electron chi connectivity index (χ3n) is 6.14. The van der Waals surface area contributed by atoms with E-state index in [1.807, 2.05) is 54.0 Å². The molecule has 0 aliphatic rings. The normalized spacial score (nSPS) is 10.5. The van der Waals surface area contributed by atoms with Gasteiger partial charge in [-0.25, -0.2) is 4.79 Å². The number of esters is 1. The van der Waals surface area contributed by atoms with Crippen molar-refractivity contribution in [2.75, 3.05) is 44.9 Å². The summed E-state index contributed by atoms with van der Waals surface area (Å²) < 4.78 is 12.0. The van der Waals surface area contributed by atoms with Crippen LogP contribution in [0.25, 0.3) is 0 Å². The van der Waals surface area contributed by atoms with Crippen molar-refractivity contribution < 1.29 is 23.9 Å². The van der Waals surface area contributed by atoms with Crippen molar-refractivity contribution >= 4 is 35.4 Å². The molecule has 0 fully saturated rings. The summed E-state index contributed by atoms with van der Waals surface area (Å²) in [6, 6.07) is 20.1. The van der Waals surface area contributed by atoms with Crippen LogP contribution in [0.4, 0.5) is 5.69 Å². The van der Waals surface area contributed by atoms with Gasteiger partial charge in [0.1, 0.15) is 5.75 Å². The van der Waals surface area contributed by atoms with E-state index in [9.17, 15) is 14.4 Å². The fourth-order valence-electron chi connectivity index (χ4n) is 3.91. The Morgan fingerprint density at radius 3 is 2.15 bits per heavy atom. The van der Waals surface area contributed by atoms with Crippen molar-refractivity contribution in [1.29, 1.82) is 0 Å². The lowest BCUT2D eigenvalue weighted by molar-refractivity contribution is 0.0600. The number of methoxy groups -OCH3 is 2. The van der Waals surface area contributed by atoms with Crippen molar-refractivity contribution in [3.63, 3.8) is 0 Å². The lowest BCUT2D eigenvalue weighted by Crippen LogP contribution is -2.28. The molecular formula is C30H36N4O5S. The van der Waals surface area contributed by atoms with Crippen LogP contribution in [0.2, 0.25) is 0 Å². The molecule has 9 nitrogen and oxygen atoms in total. The average Bonchev–Trinajstić information content (AvgIpc) is 3.00. The highest BCUT2D eigenvalue weighted by atomic mass is 32.2. The molecule has 0 unspecified atom stereocenters. The maximum absolute atomic E-state index is 13.0. The molecule has 0 radical (unpaired) electrons. The number of anilines is 1. The van der Waals surface area contributed by atoms with Gasteiger partial charge in [0.05, 0.1) is 19.8 Å². The van der Waals surface area contributed by atoms with E-state index in [2.05, 4.69) is 16.0 Å². The molecule has 0 bridgehead atoms. The van der Waals surface area contributed by atoms with Gasteiger partial charge in [-0.2, -0.15) is 0 Å². The van der Waals surface area contributed by atoms with Gasteiger partial charge in [-0.15, -0.1) is 0 Å². The third-order valence-corrected chi connectivity index (χ3v) is 6.90. The molecule has 0 spiro atoms. The number of nitrogens with zero attached hydrogens (tertiary/aromatic N) is 1. The highest BCUT2D eigenvalue weighted by molar-refractivity contribution is 7.99. The van der Waals surface area contributed by atoms with E-state index in [1.54, 1.807) is 37.4 Å². The molecule has 10 heteroatoms. The van der Waals surface area contributed by atoms with E-state index in [-0.39, 0.29) is 11.8 Å². The quantitative estimate of drug-likeness (QED) is 0.153. The molecule has 0 atom stereocenters. The second-order valence-electron chi connectivity index (χ2n) is 8.96. The van der Waals surface area contributed by atoms with Gasteiger partial charge in [0.2, 0.25) is 0 Å². The summed E-state index contributed by atoms with van der Waals surface area (Å²) in [5.74, 6) is -0.336. The van der Waals surface area contributed by atoms with Crippen LogP contribution in [0.1, 0.15) is 48.6 Å². The van der Waals surface area contributed by atoms with Gasteiger partial charge in [-0.1, -0.05) is 42.3 Å². The molecule has 0 aromatic heterocycles. The van der Waals surface area contributed by atoms with Gasteiger partial charge in [-0.05, 0) is 60.5 Å². The zero-order valence-corrected chi connectivity index (χ0v) is 24.1. The van der Waals surface area contributed by atoms with E-state index in [1.165, 1.54) is 19.1 Å². The number of hydrogen-bond acceptors (Lipinski definition) is 8. The zero-order valence-electron chi connectivity index (χ0n) is 23.3. The van der Waals surface area contributed by atoms with Crippen molar-refractivity contribution in [3.05, 3.63) is 94.5 Å². The molecule has 3 N–H and O–H groups in total. The van der Waals surface area contributed by atoms with Crippen molar-refractivity contribution in [3.8, 4) is 5.75 Å². The lowest BCUT2D eigenvalue weighted by atomic mass is 10.1. The fourth-order valence-corrected chi connectivity index (χ4v) is 4.22. The van der Waals surface area contributed by atoms with E-state index in [4.69, 9.17) is 9.47 Å². The van der Waals surface area contributed by atoms with Gasteiger partial charge >= 0.3 is 5.97 Å². The molecule has 0 saturated heterocycles. The smallest absolute Gasteiger partial charge is 0.337 e. The van der Waals surface area contributed by atoms with Crippen LogP contribution < -0.4 is 25.0 Å². The summed E-state index contributed by atoms with van der Waals surface area (Å²) in [6.07, 6.45) is 2.62. The number of amides is 2. The van der Waals surface area contributed by atoms with E-state index < -0.39 is 5.97 Å². The van der Waals surface area contributed by atoms with Crippen LogP contribution in [-0.2, 0) is 17.8 Å². The maximum atomic E-state index is 13.0. The highest BCUT2D eigenvalue weighted by Gasteiger charge is 2.15. The minimum absolute atomic E-state index is 0.244. The van der Waals surface area contributed by atoms with E-state index in [0.717, 1.165) is 16.8 Å². The van der Waals surface area contributed by atoms with Crippen molar-refractivity contribution in [1.82, 2.24) is 16.0 Å². The Bertz CT molecular complexity index is 1300. The van der Waals surface area contributed by atoms with Crippen LogP contribution in [0.5, 0.6) is 5.75 Å². The van der Waals surface area contributed by atoms with Crippen LogP contribution in [0, 0.1) is 0 Å². The summed E-state index contributed by atoms with van der Waals surface area (Å²) in [6.45, 7) is 2.03. The predicted molar refractivity (Wildman–Crippen MR) is 159 cm³/mol.